The third-order valence-corrected chi connectivity index (χ3v) is 3.84. The predicted molar refractivity (Wildman–Crippen MR) is 79.9 cm³/mol. The van der Waals surface area contributed by atoms with Crippen LogP contribution in [-0.2, 0) is 0 Å². The molecule has 0 saturated heterocycles. The van der Waals surface area contributed by atoms with Crippen LogP contribution >= 0.6 is 11.6 Å². The molecule has 2 atom stereocenters. The molecule has 1 aromatic rings. The minimum absolute atomic E-state index is 0.400. The summed E-state index contributed by atoms with van der Waals surface area (Å²) in [4.78, 5) is 2.37. The van der Waals surface area contributed by atoms with Crippen molar-refractivity contribution in [1.29, 1.82) is 0 Å². The van der Waals surface area contributed by atoms with Crippen LogP contribution in [0.3, 0.4) is 0 Å². The van der Waals surface area contributed by atoms with Gasteiger partial charge in [0.25, 0.3) is 0 Å². The first-order valence-electron chi connectivity index (χ1n) is 6.70. The van der Waals surface area contributed by atoms with E-state index in [1.54, 1.807) is 0 Å². The van der Waals surface area contributed by atoms with Crippen LogP contribution in [0.15, 0.2) is 24.3 Å². The van der Waals surface area contributed by atoms with Crippen LogP contribution in [-0.4, -0.2) is 25.0 Å². The average Bonchev–Trinajstić information content (AvgIpc) is 2.37. The SMILES string of the molecule is CC(CN)CCCN(C)C(C)c1cccc(Cl)c1. The quantitative estimate of drug-likeness (QED) is 0.817. The zero-order valence-corrected chi connectivity index (χ0v) is 12.5. The highest BCUT2D eigenvalue weighted by Gasteiger charge is 2.11. The molecule has 0 heterocycles. The zero-order chi connectivity index (χ0) is 13.5. The molecular formula is C15H25ClN2. The van der Waals surface area contributed by atoms with Gasteiger partial charge in [-0.05, 0) is 63.5 Å². The van der Waals surface area contributed by atoms with Crippen molar-refractivity contribution < 1.29 is 0 Å². The van der Waals surface area contributed by atoms with Gasteiger partial charge in [-0.25, -0.2) is 0 Å². The van der Waals surface area contributed by atoms with E-state index in [9.17, 15) is 0 Å². The van der Waals surface area contributed by atoms with Gasteiger partial charge >= 0.3 is 0 Å². The molecule has 18 heavy (non-hydrogen) atoms. The maximum Gasteiger partial charge on any atom is 0.0409 e. The van der Waals surface area contributed by atoms with Gasteiger partial charge in [-0.3, -0.25) is 4.90 Å². The van der Waals surface area contributed by atoms with Gasteiger partial charge in [0.2, 0.25) is 0 Å². The van der Waals surface area contributed by atoms with E-state index >= 15 is 0 Å². The van der Waals surface area contributed by atoms with E-state index in [0.717, 1.165) is 18.1 Å². The lowest BCUT2D eigenvalue weighted by Gasteiger charge is -2.25. The second-order valence-electron chi connectivity index (χ2n) is 5.19. The van der Waals surface area contributed by atoms with Crippen LogP contribution < -0.4 is 5.73 Å². The molecule has 0 aromatic heterocycles. The summed E-state index contributed by atoms with van der Waals surface area (Å²) in [6.07, 6.45) is 2.39. The fourth-order valence-electron chi connectivity index (χ4n) is 2.02. The van der Waals surface area contributed by atoms with Gasteiger partial charge in [-0.1, -0.05) is 30.7 Å². The number of halogens is 1. The Bertz CT molecular complexity index is 354. The molecule has 0 radical (unpaired) electrons. The molecule has 102 valence electrons. The van der Waals surface area contributed by atoms with Crippen molar-refractivity contribution in [2.75, 3.05) is 20.1 Å². The van der Waals surface area contributed by atoms with Gasteiger partial charge in [0.1, 0.15) is 0 Å². The minimum Gasteiger partial charge on any atom is -0.330 e. The standard InChI is InChI=1S/C15H25ClN2/c1-12(11-17)6-5-9-18(3)13(2)14-7-4-8-15(16)10-14/h4,7-8,10,12-13H,5-6,9,11,17H2,1-3H3. The number of rotatable bonds is 7. The molecule has 0 amide bonds. The Morgan fingerprint density at radius 3 is 2.67 bits per heavy atom. The summed E-state index contributed by atoms with van der Waals surface area (Å²) in [7, 11) is 2.17. The predicted octanol–water partition coefficient (Wildman–Crippen LogP) is 3.71. The molecule has 2 nitrogen and oxygen atoms in total. The molecular weight excluding hydrogens is 244 g/mol. The van der Waals surface area contributed by atoms with E-state index in [-0.39, 0.29) is 0 Å². The second-order valence-corrected chi connectivity index (χ2v) is 5.63. The zero-order valence-electron chi connectivity index (χ0n) is 11.7. The molecule has 0 saturated carbocycles. The van der Waals surface area contributed by atoms with Gasteiger partial charge < -0.3 is 5.73 Å². The number of hydrogen-bond donors (Lipinski definition) is 1. The molecule has 0 bridgehead atoms. The maximum atomic E-state index is 6.03. The van der Waals surface area contributed by atoms with Gasteiger partial charge in [0.05, 0.1) is 0 Å². The van der Waals surface area contributed by atoms with Gasteiger partial charge in [0.15, 0.2) is 0 Å². The summed E-state index contributed by atoms with van der Waals surface area (Å²) in [5.74, 6) is 0.625. The highest BCUT2D eigenvalue weighted by atomic mass is 35.5. The van der Waals surface area contributed by atoms with Crippen LogP contribution in [0.5, 0.6) is 0 Å². The van der Waals surface area contributed by atoms with Crippen LogP contribution in [0, 0.1) is 5.92 Å². The fourth-order valence-corrected chi connectivity index (χ4v) is 2.22. The van der Waals surface area contributed by atoms with E-state index in [2.05, 4.69) is 31.9 Å². The second kappa shape index (κ2) is 7.78. The van der Waals surface area contributed by atoms with Crippen molar-refractivity contribution in [2.45, 2.75) is 32.7 Å². The first kappa shape index (κ1) is 15.5. The highest BCUT2D eigenvalue weighted by molar-refractivity contribution is 6.30. The smallest absolute Gasteiger partial charge is 0.0409 e. The third kappa shape index (κ3) is 4.97. The number of hydrogen-bond acceptors (Lipinski definition) is 2. The molecule has 2 unspecified atom stereocenters. The Labute approximate surface area is 116 Å². The van der Waals surface area contributed by atoms with Crippen molar-refractivity contribution in [1.82, 2.24) is 4.90 Å². The van der Waals surface area contributed by atoms with Gasteiger partial charge in [-0.2, -0.15) is 0 Å². The number of nitrogens with two attached hydrogens (primary N) is 1. The summed E-state index contributed by atoms with van der Waals surface area (Å²) in [5.41, 5.74) is 6.90. The largest absolute Gasteiger partial charge is 0.330 e. The molecule has 0 spiro atoms. The Kier molecular flexibility index (Phi) is 6.69. The molecule has 0 fully saturated rings. The third-order valence-electron chi connectivity index (χ3n) is 3.60. The normalized spacial score (nSPS) is 14.8. The topological polar surface area (TPSA) is 29.3 Å². The van der Waals surface area contributed by atoms with Gasteiger partial charge in [-0.15, -0.1) is 0 Å². The summed E-state index contributed by atoms with van der Waals surface area (Å²) in [6.45, 7) is 6.31. The molecule has 0 aliphatic rings. The van der Waals surface area contributed by atoms with Crippen molar-refractivity contribution in [3.05, 3.63) is 34.9 Å². The Morgan fingerprint density at radius 1 is 1.33 bits per heavy atom. The molecule has 0 aliphatic carbocycles. The molecule has 1 aromatic carbocycles. The molecule has 1 rings (SSSR count). The van der Waals surface area contributed by atoms with Crippen molar-refractivity contribution in [2.24, 2.45) is 11.7 Å². The van der Waals surface area contributed by atoms with E-state index in [0.29, 0.717) is 12.0 Å². The van der Waals surface area contributed by atoms with Crippen molar-refractivity contribution in [3.63, 3.8) is 0 Å². The molecule has 2 N–H and O–H groups in total. The Balaban J connectivity index is 2.44. The fraction of sp³-hybridized carbons (Fsp3) is 0.600. The lowest BCUT2D eigenvalue weighted by atomic mass is 10.0. The van der Waals surface area contributed by atoms with Crippen molar-refractivity contribution in [3.8, 4) is 0 Å². The van der Waals surface area contributed by atoms with Crippen LogP contribution in [0.4, 0.5) is 0 Å². The Morgan fingerprint density at radius 2 is 2.06 bits per heavy atom. The van der Waals surface area contributed by atoms with E-state index < -0.39 is 0 Å². The van der Waals surface area contributed by atoms with E-state index in [1.165, 1.54) is 18.4 Å². The summed E-state index contributed by atoms with van der Waals surface area (Å²) >= 11 is 6.03. The number of benzene rings is 1. The first-order valence-corrected chi connectivity index (χ1v) is 7.08. The van der Waals surface area contributed by atoms with Gasteiger partial charge in [0, 0.05) is 11.1 Å². The minimum atomic E-state index is 0.400. The maximum absolute atomic E-state index is 6.03. The first-order chi connectivity index (χ1) is 8.54. The lowest BCUT2D eigenvalue weighted by Crippen LogP contribution is -2.24. The molecule has 3 heteroatoms. The highest BCUT2D eigenvalue weighted by Crippen LogP contribution is 2.22. The average molecular weight is 269 g/mol. The van der Waals surface area contributed by atoms with Crippen molar-refractivity contribution >= 4 is 11.6 Å². The van der Waals surface area contributed by atoms with Crippen LogP contribution in [0.25, 0.3) is 0 Å². The Hall–Kier alpha value is -0.570. The van der Waals surface area contributed by atoms with E-state index in [1.807, 2.05) is 18.2 Å². The number of nitrogens with zero attached hydrogens (tertiary/aromatic N) is 1. The van der Waals surface area contributed by atoms with E-state index in [4.69, 9.17) is 17.3 Å². The summed E-state index contributed by atoms with van der Waals surface area (Å²) in [5, 5.41) is 0.810. The molecule has 0 aliphatic heterocycles. The summed E-state index contributed by atoms with van der Waals surface area (Å²) < 4.78 is 0. The van der Waals surface area contributed by atoms with Crippen LogP contribution in [0.2, 0.25) is 5.02 Å². The summed E-state index contributed by atoms with van der Waals surface area (Å²) in [6, 6.07) is 8.51. The monoisotopic (exact) mass is 268 g/mol. The van der Waals surface area contributed by atoms with Crippen LogP contribution in [0.1, 0.15) is 38.3 Å². The lowest BCUT2D eigenvalue weighted by molar-refractivity contribution is 0.251.